The van der Waals surface area contributed by atoms with Gasteiger partial charge in [0, 0.05) is 0 Å². The van der Waals surface area contributed by atoms with Gasteiger partial charge in [-0.05, 0) is 7.05 Å². The van der Waals surface area contributed by atoms with Crippen LogP contribution in [0.25, 0.3) is 11.0 Å². The zero-order valence-electron chi connectivity index (χ0n) is 15.9. The fraction of sp³-hybridized carbons (Fsp3) is 0.429. The third-order valence-corrected chi connectivity index (χ3v) is 6.01. The summed E-state index contributed by atoms with van der Waals surface area (Å²) in [6.07, 6.45) is 0. The van der Waals surface area contributed by atoms with E-state index in [0.29, 0.717) is 0 Å². The summed E-state index contributed by atoms with van der Waals surface area (Å²) in [6.45, 7) is 0. The number of nitrogens with two attached hydrogens (primary N) is 10. The van der Waals surface area contributed by atoms with Crippen LogP contribution in [0.3, 0.4) is 0 Å². The summed E-state index contributed by atoms with van der Waals surface area (Å²) in [6, 6.07) is 0. The molecular weight excluding hydrogens is 418 g/mol. The van der Waals surface area contributed by atoms with Crippen LogP contribution in [0.15, 0.2) is 4.42 Å². The van der Waals surface area contributed by atoms with Crippen LogP contribution < -0.4 is 67.4 Å². The SMILES string of the molecule is CNC1(N)C2(Oc3c(c(N)c(N)c4oc(N)c(N)c34)C1(N)N)OC(N)(N)C(N)(S)O2. The van der Waals surface area contributed by atoms with Crippen molar-refractivity contribution in [2.24, 2.45) is 34.4 Å². The Hall–Kier alpha value is -2.25. The van der Waals surface area contributed by atoms with Crippen LogP contribution in [-0.4, -0.2) is 29.6 Å². The van der Waals surface area contributed by atoms with Crippen molar-refractivity contribution >= 4 is 46.5 Å². The molecule has 1 fully saturated rings. The number of fused-ring (bicyclic) bond motifs is 3. The second-order valence-electron chi connectivity index (χ2n) is 7.39. The van der Waals surface area contributed by atoms with Crippen LogP contribution in [-0.2, 0) is 15.1 Å². The molecule has 3 unspecified atom stereocenters. The highest BCUT2D eigenvalue weighted by Gasteiger charge is 2.77. The van der Waals surface area contributed by atoms with Gasteiger partial charge >= 0.3 is 5.97 Å². The first-order valence-corrected chi connectivity index (χ1v) is 8.94. The van der Waals surface area contributed by atoms with E-state index in [9.17, 15) is 0 Å². The first kappa shape index (κ1) is 21.0. The highest BCUT2D eigenvalue weighted by Crippen LogP contribution is 2.57. The third-order valence-electron chi connectivity index (χ3n) is 5.57. The first-order valence-electron chi connectivity index (χ1n) is 8.49. The highest BCUT2D eigenvalue weighted by atomic mass is 32.1. The van der Waals surface area contributed by atoms with E-state index in [1.807, 2.05) is 0 Å². The molecule has 30 heavy (non-hydrogen) atoms. The Balaban J connectivity index is 2.13. The van der Waals surface area contributed by atoms with Gasteiger partial charge in [0.25, 0.3) is 0 Å². The zero-order valence-corrected chi connectivity index (χ0v) is 16.7. The van der Waals surface area contributed by atoms with Crippen LogP contribution >= 0.6 is 12.6 Å². The molecular formula is C14H25N11O4S. The molecule has 16 heteroatoms. The summed E-state index contributed by atoms with van der Waals surface area (Å²) < 4.78 is 22.8. The maximum Gasteiger partial charge on any atom is 0.369 e. The number of rotatable bonds is 1. The largest absolute Gasteiger partial charge is 0.436 e. The normalized spacial score (nSPS) is 34.3. The monoisotopic (exact) mass is 443 g/mol. The fourth-order valence-corrected chi connectivity index (χ4v) is 3.89. The third kappa shape index (κ3) is 2.10. The summed E-state index contributed by atoms with van der Waals surface area (Å²) in [5, 5.41) is 0.719. The molecule has 0 bridgehead atoms. The Morgan fingerprint density at radius 1 is 0.867 bits per heavy atom. The molecule has 4 rings (SSSR count). The minimum absolute atomic E-state index is 0.0239. The Bertz CT molecular complexity index is 1070. The molecule has 0 amide bonds. The number of thiol groups is 1. The average Bonchev–Trinajstić information content (AvgIpc) is 3.01. The minimum atomic E-state index is -2.41. The molecule has 2 aliphatic rings. The van der Waals surface area contributed by atoms with Crippen molar-refractivity contribution in [1.29, 1.82) is 0 Å². The van der Waals surface area contributed by atoms with Gasteiger partial charge in [-0.3, -0.25) is 32.0 Å². The molecule has 1 saturated heterocycles. The highest BCUT2D eigenvalue weighted by molar-refractivity contribution is 7.81. The van der Waals surface area contributed by atoms with E-state index in [4.69, 9.17) is 76.0 Å². The molecule has 2 aromatic rings. The summed E-state index contributed by atoms with van der Waals surface area (Å²) >= 11 is 4.12. The Labute approximate surface area is 175 Å². The van der Waals surface area contributed by atoms with Gasteiger partial charge in [-0.2, -0.15) is 0 Å². The van der Waals surface area contributed by atoms with Crippen LogP contribution in [0.4, 0.5) is 22.9 Å². The fourth-order valence-electron chi connectivity index (χ4n) is 3.72. The number of nitrogens with one attached hydrogen (secondary N) is 1. The van der Waals surface area contributed by atoms with Crippen molar-refractivity contribution in [2.45, 2.75) is 28.2 Å². The molecule has 166 valence electrons. The van der Waals surface area contributed by atoms with Crippen molar-refractivity contribution in [3.8, 4) is 5.75 Å². The van der Waals surface area contributed by atoms with Crippen LogP contribution in [0, 0.1) is 0 Å². The van der Waals surface area contributed by atoms with E-state index in [2.05, 4.69) is 17.9 Å². The van der Waals surface area contributed by atoms with Gasteiger partial charge in [0.15, 0.2) is 11.2 Å². The molecule has 2 aliphatic heterocycles. The molecule has 3 atom stereocenters. The number of anilines is 4. The maximum atomic E-state index is 6.53. The average molecular weight is 443 g/mol. The van der Waals surface area contributed by atoms with Gasteiger partial charge in [-0.25, -0.2) is 0 Å². The van der Waals surface area contributed by atoms with E-state index >= 15 is 0 Å². The summed E-state index contributed by atoms with van der Waals surface area (Å²) in [5.74, 6) is -4.89. The number of benzene rings is 1. The van der Waals surface area contributed by atoms with Crippen LogP contribution in [0.2, 0.25) is 0 Å². The lowest BCUT2D eigenvalue weighted by atomic mass is 9.80. The zero-order chi connectivity index (χ0) is 22.7. The van der Waals surface area contributed by atoms with Gasteiger partial charge in [0.05, 0.1) is 22.3 Å². The number of likely N-dealkylation sites (N-methyl/N-ethyl adjacent to an activating group) is 1. The molecule has 3 heterocycles. The molecule has 0 aliphatic carbocycles. The lowest BCUT2D eigenvalue weighted by molar-refractivity contribution is -0.365. The van der Waals surface area contributed by atoms with Gasteiger partial charge < -0.3 is 49.3 Å². The lowest BCUT2D eigenvalue weighted by Crippen LogP contribution is -2.87. The Morgan fingerprint density at radius 2 is 1.47 bits per heavy atom. The quantitative estimate of drug-likeness (QED) is 0.0862. The summed E-state index contributed by atoms with van der Waals surface area (Å²) in [5.41, 5.74) is 57.2. The van der Waals surface area contributed by atoms with Gasteiger partial charge in [-0.1, -0.05) is 0 Å². The van der Waals surface area contributed by atoms with Crippen molar-refractivity contribution < 1.29 is 18.6 Å². The van der Waals surface area contributed by atoms with Gasteiger partial charge in [-0.15, -0.1) is 12.6 Å². The van der Waals surface area contributed by atoms with Crippen LogP contribution in [0.5, 0.6) is 5.75 Å². The Morgan fingerprint density at radius 3 is 1.97 bits per heavy atom. The van der Waals surface area contributed by atoms with E-state index in [1.165, 1.54) is 7.05 Å². The number of furan rings is 1. The van der Waals surface area contributed by atoms with E-state index < -0.39 is 28.2 Å². The number of hydrogen-bond acceptors (Lipinski definition) is 16. The van der Waals surface area contributed by atoms with E-state index in [-0.39, 0.29) is 45.2 Å². The summed E-state index contributed by atoms with van der Waals surface area (Å²) in [4.78, 5) is 0. The van der Waals surface area contributed by atoms with Crippen LogP contribution in [0.1, 0.15) is 5.56 Å². The molecule has 15 nitrogen and oxygen atoms in total. The van der Waals surface area contributed by atoms with Crippen molar-refractivity contribution in [1.82, 2.24) is 5.32 Å². The predicted molar refractivity (Wildman–Crippen MR) is 112 cm³/mol. The summed E-state index contributed by atoms with van der Waals surface area (Å²) in [7, 11) is 1.41. The first-order chi connectivity index (χ1) is 13.6. The number of hydrogen-bond donors (Lipinski definition) is 12. The lowest BCUT2D eigenvalue weighted by Gasteiger charge is -2.54. The standard InChI is InChI=1S/C14H25N11O4S/c1-25-11(21)10(19,20)3-5(16)6(17)8-2(4(15)9(18)26-8)7(3)27-14(11)28-12(22,23)13(24,30)29-14/h25,30H,15-24H2,1H3. The second kappa shape index (κ2) is 5.51. The molecule has 0 saturated carbocycles. The molecule has 0 radical (unpaired) electrons. The number of ether oxygens (including phenoxy) is 3. The molecule has 1 aromatic heterocycles. The maximum absolute atomic E-state index is 6.53. The second-order valence-corrected chi connectivity index (χ2v) is 8.06. The molecule has 1 aromatic carbocycles. The Kier molecular flexibility index (Phi) is 3.86. The molecule has 21 N–H and O–H groups in total. The van der Waals surface area contributed by atoms with Gasteiger partial charge in [0.1, 0.15) is 17.1 Å². The van der Waals surface area contributed by atoms with E-state index in [1.54, 1.807) is 0 Å². The topological polar surface area (TPSA) is 313 Å². The van der Waals surface area contributed by atoms with Crippen molar-refractivity contribution in [2.75, 3.05) is 30.0 Å². The predicted octanol–water partition coefficient (Wildman–Crippen LogP) is -4.09. The van der Waals surface area contributed by atoms with E-state index in [0.717, 1.165) is 0 Å². The minimum Gasteiger partial charge on any atom is -0.436 e. The molecule has 1 spiro atoms. The van der Waals surface area contributed by atoms with Crippen molar-refractivity contribution in [3.63, 3.8) is 0 Å². The van der Waals surface area contributed by atoms with Crippen molar-refractivity contribution in [3.05, 3.63) is 5.56 Å². The van der Waals surface area contributed by atoms with Gasteiger partial charge in [0.2, 0.25) is 16.8 Å². The smallest absolute Gasteiger partial charge is 0.369 e. The number of nitrogen functional groups attached to an aromatic ring is 4.